The van der Waals surface area contributed by atoms with Crippen molar-refractivity contribution in [1.82, 2.24) is 0 Å². The van der Waals surface area contributed by atoms with Gasteiger partial charge < -0.3 is 9.47 Å². The molecule has 0 bridgehead atoms. The minimum atomic E-state index is -0.864. The van der Waals surface area contributed by atoms with Crippen molar-refractivity contribution in [3.63, 3.8) is 0 Å². The summed E-state index contributed by atoms with van der Waals surface area (Å²) in [5.41, 5.74) is 0.295. The number of halogens is 1. The van der Waals surface area contributed by atoms with Gasteiger partial charge >= 0.3 is 11.9 Å². The molecule has 0 fully saturated rings. The molecule has 0 aliphatic heterocycles. The van der Waals surface area contributed by atoms with Gasteiger partial charge in [-0.15, -0.1) is 0 Å². The molecular weight excluding hydrogens is 470 g/mol. The Morgan fingerprint density at radius 1 is 0.839 bits per heavy atom. The standard InChI is InChI=1S/C22H14BrNO7/c23-18-11-8-16(12-19(18)24(28)29)21(26)30-13-20(25)14-6-9-17(10-7-14)31-22(27)15-4-2-1-3-5-15/h1-12H,13H2. The smallest absolute Gasteiger partial charge is 0.343 e. The molecule has 0 radical (unpaired) electrons. The van der Waals surface area contributed by atoms with Crippen LogP contribution in [0.2, 0.25) is 0 Å². The second kappa shape index (κ2) is 9.77. The monoisotopic (exact) mass is 483 g/mol. The van der Waals surface area contributed by atoms with Crippen LogP contribution in [0.25, 0.3) is 0 Å². The van der Waals surface area contributed by atoms with E-state index in [0.717, 1.165) is 6.07 Å². The van der Waals surface area contributed by atoms with Gasteiger partial charge in [0.25, 0.3) is 5.69 Å². The van der Waals surface area contributed by atoms with E-state index in [1.165, 1.54) is 36.4 Å². The van der Waals surface area contributed by atoms with Crippen molar-refractivity contribution < 1.29 is 28.8 Å². The SMILES string of the molecule is O=C(COC(=O)c1ccc(Br)c([N+](=O)[O-])c1)c1ccc(OC(=O)c2ccccc2)cc1. The number of hydrogen-bond donors (Lipinski definition) is 0. The maximum atomic E-state index is 12.3. The van der Waals surface area contributed by atoms with E-state index in [1.54, 1.807) is 30.3 Å². The fourth-order valence-electron chi connectivity index (χ4n) is 2.53. The first-order valence-electron chi connectivity index (χ1n) is 8.86. The Morgan fingerprint density at radius 2 is 1.48 bits per heavy atom. The van der Waals surface area contributed by atoms with Gasteiger partial charge in [-0.25, -0.2) is 9.59 Å². The minimum Gasteiger partial charge on any atom is -0.454 e. The molecule has 31 heavy (non-hydrogen) atoms. The summed E-state index contributed by atoms with van der Waals surface area (Å²) in [6, 6.07) is 18.0. The van der Waals surface area contributed by atoms with Crippen LogP contribution in [0.4, 0.5) is 5.69 Å². The van der Waals surface area contributed by atoms with Crippen molar-refractivity contribution >= 4 is 39.3 Å². The van der Waals surface area contributed by atoms with E-state index in [2.05, 4.69) is 15.9 Å². The number of hydrogen-bond acceptors (Lipinski definition) is 7. The van der Waals surface area contributed by atoms with E-state index in [4.69, 9.17) is 9.47 Å². The minimum absolute atomic E-state index is 0.0501. The topological polar surface area (TPSA) is 113 Å². The Kier molecular flexibility index (Phi) is 6.88. The Balaban J connectivity index is 1.58. The third-order valence-corrected chi connectivity index (χ3v) is 4.78. The highest BCUT2D eigenvalue weighted by atomic mass is 79.9. The van der Waals surface area contributed by atoms with Crippen LogP contribution in [-0.2, 0) is 4.74 Å². The Bertz CT molecular complexity index is 1140. The van der Waals surface area contributed by atoms with Gasteiger partial charge in [0.1, 0.15) is 5.75 Å². The first-order valence-corrected chi connectivity index (χ1v) is 9.66. The zero-order valence-corrected chi connectivity index (χ0v) is 17.4. The number of nitrogens with zero attached hydrogens (tertiary/aromatic N) is 1. The number of carbonyl (C=O) groups excluding carboxylic acids is 3. The van der Waals surface area contributed by atoms with E-state index < -0.39 is 29.3 Å². The van der Waals surface area contributed by atoms with Gasteiger partial charge in [-0.05, 0) is 64.5 Å². The van der Waals surface area contributed by atoms with Crippen LogP contribution in [0.3, 0.4) is 0 Å². The average Bonchev–Trinajstić information content (AvgIpc) is 2.78. The van der Waals surface area contributed by atoms with Crippen LogP contribution >= 0.6 is 15.9 Å². The van der Waals surface area contributed by atoms with Crippen molar-refractivity contribution in [2.45, 2.75) is 0 Å². The Hall–Kier alpha value is -3.85. The van der Waals surface area contributed by atoms with Gasteiger partial charge in [0.2, 0.25) is 0 Å². The van der Waals surface area contributed by atoms with Gasteiger partial charge in [0, 0.05) is 11.6 Å². The summed E-state index contributed by atoms with van der Waals surface area (Å²) in [4.78, 5) is 46.7. The molecule has 3 aromatic rings. The summed E-state index contributed by atoms with van der Waals surface area (Å²) in [5.74, 6) is -1.62. The van der Waals surface area contributed by atoms with Crippen molar-refractivity contribution in [2.75, 3.05) is 6.61 Å². The lowest BCUT2D eigenvalue weighted by atomic mass is 10.1. The second-order valence-electron chi connectivity index (χ2n) is 6.20. The third kappa shape index (κ3) is 5.61. The molecule has 0 aliphatic rings. The fraction of sp³-hybridized carbons (Fsp3) is 0.0455. The zero-order chi connectivity index (χ0) is 22.4. The number of nitro benzene ring substituents is 1. The molecule has 0 heterocycles. The summed E-state index contributed by atoms with van der Waals surface area (Å²) in [6.45, 7) is -0.550. The van der Waals surface area contributed by atoms with Crippen LogP contribution < -0.4 is 4.74 Å². The summed E-state index contributed by atoms with van der Waals surface area (Å²) in [7, 11) is 0. The van der Waals surface area contributed by atoms with Crippen molar-refractivity contribution in [2.24, 2.45) is 0 Å². The number of carbonyl (C=O) groups is 3. The van der Waals surface area contributed by atoms with Crippen LogP contribution in [0.5, 0.6) is 5.75 Å². The molecule has 9 heteroatoms. The Morgan fingerprint density at radius 3 is 2.13 bits per heavy atom. The molecule has 0 saturated heterocycles. The molecule has 0 saturated carbocycles. The second-order valence-corrected chi connectivity index (χ2v) is 7.06. The summed E-state index contributed by atoms with van der Waals surface area (Å²) < 4.78 is 10.4. The lowest BCUT2D eigenvalue weighted by Gasteiger charge is -2.07. The molecular formula is C22H14BrNO7. The number of benzene rings is 3. The number of Topliss-reactive ketones (excluding diaryl/α,β-unsaturated/α-hetero) is 1. The third-order valence-electron chi connectivity index (χ3n) is 4.11. The number of ether oxygens (including phenoxy) is 2. The predicted octanol–water partition coefficient (Wildman–Crippen LogP) is 4.62. The molecule has 0 amide bonds. The highest BCUT2D eigenvalue weighted by Gasteiger charge is 2.18. The fourth-order valence-corrected chi connectivity index (χ4v) is 2.92. The number of esters is 2. The molecule has 0 N–H and O–H groups in total. The first-order chi connectivity index (χ1) is 14.8. The normalized spacial score (nSPS) is 10.2. The predicted molar refractivity (Wildman–Crippen MR) is 113 cm³/mol. The van der Waals surface area contributed by atoms with Gasteiger partial charge in [-0.3, -0.25) is 14.9 Å². The number of nitro groups is 1. The van der Waals surface area contributed by atoms with Crippen molar-refractivity contribution in [3.05, 3.63) is 104 Å². The van der Waals surface area contributed by atoms with Gasteiger partial charge in [-0.1, -0.05) is 18.2 Å². The van der Waals surface area contributed by atoms with Gasteiger partial charge in [-0.2, -0.15) is 0 Å². The molecule has 8 nitrogen and oxygen atoms in total. The van der Waals surface area contributed by atoms with Crippen molar-refractivity contribution in [3.8, 4) is 5.75 Å². The molecule has 3 rings (SSSR count). The molecule has 0 aromatic heterocycles. The van der Waals surface area contributed by atoms with E-state index in [0.29, 0.717) is 5.56 Å². The van der Waals surface area contributed by atoms with Gasteiger partial charge in [0.05, 0.1) is 20.5 Å². The highest BCUT2D eigenvalue weighted by Crippen LogP contribution is 2.26. The Labute approximate surface area is 184 Å². The molecule has 0 unspecified atom stereocenters. The van der Waals surface area contributed by atoms with E-state index >= 15 is 0 Å². The summed E-state index contributed by atoms with van der Waals surface area (Å²) in [5, 5.41) is 11.0. The zero-order valence-electron chi connectivity index (χ0n) is 15.8. The quantitative estimate of drug-likeness (QED) is 0.158. The summed E-state index contributed by atoms with van der Waals surface area (Å²) >= 11 is 3.03. The van der Waals surface area contributed by atoms with Crippen molar-refractivity contribution in [1.29, 1.82) is 0 Å². The average molecular weight is 484 g/mol. The number of ketones is 1. The highest BCUT2D eigenvalue weighted by molar-refractivity contribution is 9.10. The van der Waals surface area contributed by atoms with Crippen LogP contribution in [0.15, 0.2) is 77.3 Å². The molecule has 0 atom stereocenters. The van der Waals surface area contributed by atoms with Crippen LogP contribution in [0.1, 0.15) is 31.1 Å². The maximum Gasteiger partial charge on any atom is 0.343 e. The van der Waals surface area contributed by atoms with Crippen LogP contribution in [-0.4, -0.2) is 29.3 Å². The summed E-state index contributed by atoms with van der Waals surface area (Å²) in [6.07, 6.45) is 0. The van der Waals surface area contributed by atoms with E-state index in [-0.39, 0.29) is 27.0 Å². The van der Waals surface area contributed by atoms with Gasteiger partial charge in [0.15, 0.2) is 12.4 Å². The number of rotatable bonds is 7. The molecule has 156 valence electrons. The maximum absolute atomic E-state index is 12.3. The first kappa shape index (κ1) is 21.8. The van der Waals surface area contributed by atoms with E-state index in [9.17, 15) is 24.5 Å². The lowest BCUT2D eigenvalue weighted by molar-refractivity contribution is -0.385. The molecule has 0 aliphatic carbocycles. The van der Waals surface area contributed by atoms with Crippen LogP contribution in [0, 0.1) is 10.1 Å². The molecule has 3 aromatic carbocycles. The lowest BCUT2D eigenvalue weighted by Crippen LogP contribution is -2.14. The van der Waals surface area contributed by atoms with E-state index in [1.807, 2.05) is 0 Å². The molecule has 0 spiro atoms. The largest absolute Gasteiger partial charge is 0.454 e.